The Balaban J connectivity index is 5.11. The van der Waals surface area contributed by atoms with Crippen molar-refractivity contribution in [3.8, 4) is 0 Å². The van der Waals surface area contributed by atoms with Crippen molar-refractivity contribution in [3.63, 3.8) is 0 Å². The molecule has 15 heteroatoms. The van der Waals surface area contributed by atoms with Crippen LogP contribution in [0.1, 0.15) is 129 Å². The first-order valence-corrected chi connectivity index (χ1v) is 24.5. The molecule has 0 aromatic heterocycles. The van der Waals surface area contributed by atoms with E-state index < -0.39 is 62.4 Å². The first-order chi connectivity index (χ1) is 29.4. The molecule has 0 heterocycles. The lowest BCUT2D eigenvalue weighted by atomic mass is 10.1. The molecule has 0 rings (SSSR count). The van der Waals surface area contributed by atoms with Crippen molar-refractivity contribution in [3.05, 3.63) is 85.1 Å². The molecule has 5 atom stereocenters. The number of aliphatic hydroxyl groups is 1. The Labute approximate surface area is 370 Å². The summed E-state index contributed by atoms with van der Waals surface area (Å²) in [6.07, 6.45) is 40.8. The number of ether oxygens (including phenoxy) is 2. The molecule has 1 unspecified atom stereocenters. The number of aliphatic hydroxyl groups excluding tert-OH is 1. The van der Waals surface area contributed by atoms with Crippen molar-refractivity contribution in [2.75, 3.05) is 32.1 Å². The van der Waals surface area contributed by atoms with Gasteiger partial charge in [0.15, 0.2) is 6.10 Å². The summed E-state index contributed by atoms with van der Waals surface area (Å²) in [5, 5.41) is 19.4. The van der Waals surface area contributed by atoms with Crippen molar-refractivity contribution in [1.82, 2.24) is 0 Å². The summed E-state index contributed by atoms with van der Waals surface area (Å²) < 4.78 is 32.8. The molecule has 0 aromatic rings. The van der Waals surface area contributed by atoms with Crippen molar-refractivity contribution in [1.29, 1.82) is 0 Å². The molecule has 0 aliphatic carbocycles. The summed E-state index contributed by atoms with van der Waals surface area (Å²) >= 11 is 1.21. The number of phosphoric ester groups is 1. The minimum atomic E-state index is -4.52. The van der Waals surface area contributed by atoms with E-state index in [1.807, 2.05) is 24.3 Å². The zero-order valence-electron chi connectivity index (χ0n) is 36.8. The standard InChI is InChI=1S/C46H77N2O11PS/c1-3-5-7-9-11-13-15-17-18-19-21-23-25-27-29-34-45(52)59-40(38-58-60(54,55)57-36-35-47)37-56-46(53)41(48)39-61-43(42(49)31-30-33-44(50)51)32-28-26-24-22-20-16-14-12-10-8-6-4-2/h5,7,11-14,17-18,20,22,24,26,28,32,40-43,49H,3-4,6,8-10,15-16,19,21,23,25,27,29-31,33-39,47-48H2,1-2H3,(H,50,51)(H,54,55)/b7-5-,13-11-,14-12-,18-17-,22-20-,26-24+,32-28+/t40-,41+,42+,43-/m1/s1. The van der Waals surface area contributed by atoms with Crippen LogP contribution in [0.25, 0.3) is 0 Å². The summed E-state index contributed by atoms with van der Waals surface area (Å²) in [6.45, 7) is 2.96. The van der Waals surface area contributed by atoms with Gasteiger partial charge in [0.1, 0.15) is 12.6 Å². The molecule has 0 aliphatic heterocycles. The number of phosphoric acid groups is 1. The molecule has 0 bridgehead atoms. The minimum Gasteiger partial charge on any atom is -0.481 e. The second kappa shape index (κ2) is 41.0. The number of thioether (sulfide) groups is 1. The van der Waals surface area contributed by atoms with Crippen LogP contribution in [0.4, 0.5) is 0 Å². The van der Waals surface area contributed by atoms with E-state index in [1.165, 1.54) is 31.0 Å². The fraction of sp³-hybridized carbons (Fsp3) is 0.630. The predicted octanol–water partition coefficient (Wildman–Crippen LogP) is 9.36. The van der Waals surface area contributed by atoms with E-state index in [1.54, 1.807) is 12.2 Å². The largest absolute Gasteiger partial charge is 0.481 e. The summed E-state index contributed by atoms with van der Waals surface area (Å²) in [4.78, 5) is 46.7. The van der Waals surface area contributed by atoms with E-state index >= 15 is 0 Å². The molecule has 0 saturated heterocycles. The van der Waals surface area contributed by atoms with Gasteiger partial charge in [-0.15, -0.1) is 11.8 Å². The van der Waals surface area contributed by atoms with E-state index in [0.29, 0.717) is 6.42 Å². The monoisotopic (exact) mass is 896 g/mol. The number of carbonyl (C=O) groups excluding carboxylic acids is 2. The second-order valence-corrected chi connectivity index (χ2v) is 17.1. The van der Waals surface area contributed by atoms with Crippen LogP contribution >= 0.6 is 19.6 Å². The summed E-state index contributed by atoms with van der Waals surface area (Å²) in [5.74, 6) is -2.31. The number of esters is 2. The number of hydrogen-bond acceptors (Lipinski definition) is 12. The maximum absolute atomic E-state index is 12.9. The third-order valence-corrected chi connectivity index (χ3v) is 11.2. The van der Waals surface area contributed by atoms with Crippen LogP contribution in [-0.4, -0.2) is 88.6 Å². The zero-order chi connectivity index (χ0) is 45.2. The van der Waals surface area contributed by atoms with E-state index in [4.69, 9.17) is 35.1 Å². The lowest BCUT2D eigenvalue weighted by Gasteiger charge is -2.22. The van der Waals surface area contributed by atoms with Gasteiger partial charge < -0.3 is 36.0 Å². The van der Waals surface area contributed by atoms with Crippen LogP contribution in [0.3, 0.4) is 0 Å². The molecule has 13 nitrogen and oxygen atoms in total. The number of carboxylic acids is 1. The molecule has 0 amide bonds. The van der Waals surface area contributed by atoms with E-state index in [9.17, 15) is 28.9 Å². The summed E-state index contributed by atoms with van der Waals surface area (Å²) in [6, 6.07) is -1.14. The minimum absolute atomic E-state index is 0.0209. The van der Waals surface area contributed by atoms with Gasteiger partial charge in [-0.1, -0.05) is 131 Å². The second-order valence-electron chi connectivity index (χ2n) is 14.4. The van der Waals surface area contributed by atoms with Gasteiger partial charge >= 0.3 is 25.7 Å². The van der Waals surface area contributed by atoms with Crippen molar-refractivity contribution in [2.24, 2.45) is 11.5 Å². The maximum Gasteiger partial charge on any atom is 0.472 e. The Hall–Kier alpha value is -3.07. The predicted molar refractivity (Wildman–Crippen MR) is 248 cm³/mol. The SMILES string of the molecule is CC/C=C\C/C=C\C/C=C\CCCCCCCC(=O)O[C@H](COC(=O)[C@@H](N)CS[C@H](/C=C/C=C/C=C\C/C=C\CCCCC)[C@@H](O)CCCC(=O)O)COP(=O)(O)OCCN. The van der Waals surface area contributed by atoms with Crippen LogP contribution < -0.4 is 11.5 Å². The average Bonchev–Trinajstić information content (AvgIpc) is 3.23. The smallest absolute Gasteiger partial charge is 0.472 e. The number of carboxylic acid groups (broad SMARTS) is 1. The Kier molecular flexibility index (Phi) is 38.9. The normalized spacial score (nSPS) is 15.5. The molecule has 0 fully saturated rings. The number of rotatable bonds is 40. The Morgan fingerprint density at radius 1 is 0.738 bits per heavy atom. The highest BCUT2D eigenvalue weighted by Gasteiger charge is 2.27. The fourth-order valence-electron chi connectivity index (χ4n) is 5.38. The molecule has 348 valence electrons. The highest BCUT2D eigenvalue weighted by Crippen LogP contribution is 2.43. The Bertz CT molecular complexity index is 1400. The average molecular weight is 897 g/mol. The molecular weight excluding hydrogens is 820 g/mol. The molecular formula is C46H77N2O11PS. The van der Waals surface area contributed by atoms with Crippen LogP contribution in [0.2, 0.25) is 0 Å². The van der Waals surface area contributed by atoms with Crippen LogP contribution in [0.5, 0.6) is 0 Å². The van der Waals surface area contributed by atoms with Crippen LogP contribution in [0.15, 0.2) is 85.1 Å². The van der Waals surface area contributed by atoms with E-state index in [2.05, 4.69) is 62.5 Å². The Morgan fingerprint density at radius 2 is 1.36 bits per heavy atom. The molecule has 0 aliphatic rings. The van der Waals surface area contributed by atoms with Crippen molar-refractivity contribution in [2.45, 2.75) is 153 Å². The lowest BCUT2D eigenvalue weighted by Crippen LogP contribution is -2.38. The van der Waals surface area contributed by atoms with Gasteiger partial charge in [-0.25, -0.2) is 4.57 Å². The topological polar surface area (TPSA) is 218 Å². The van der Waals surface area contributed by atoms with Gasteiger partial charge in [0.25, 0.3) is 0 Å². The number of aliphatic carboxylic acids is 1. The van der Waals surface area contributed by atoms with E-state index in [0.717, 1.165) is 64.2 Å². The molecule has 7 N–H and O–H groups in total. The summed E-state index contributed by atoms with van der Waals surface area (Å²) in [5.41, 5.74) is 11.5. The van der Waals surface area contributed by atoms with Crippen molar-refractivity contribution >= 4 is 37.5 Å². The van der Waals surface area contributed by atoms with E-state index in [-0.39, 0.29) is 44.6 Å². The Morgan fingerprint density at radius 3 is 2.03 bits per heavy atom. The summed E-state index contributed by atoms with van der Waals surface area (Å²) in [7, 11) is -4.52. The molecule has 61 heavy (non-hydrogen) atoms. The van der Waals surface area contributed by atoms with Gasteiger partial charge in [0.2, 0.25) is 0 Å². The van der Waals surface area contributed by atoms with Crippen molar-refractivity contribution < 1.29 is 52.6 Å². The van der Waals surface area contributed by atoms with Gasteiger partial charge in [0.05, 0.1) is 19.3 Å². The third-order valence-electron chi connectivity index (χ3n) is 8.76. The molecule has 0 radical (unpaired) electrons. The quantitative estimate of drug-likeness (QED) is 0.0127. The molecule has 0 aromatic carbocycles. The highest BCUT2D eigenvalue weighted by molar-refractivity contribution is 8.00. The third kappa shape index (κ3) is 38.3. The molecule has 0 saturated carbocycles. The lowest BCUT2D eigenvalue weighted by molar-refractivity contribution is -0.161. The number of allylic oxidation sites excluding steroid dienone is 13. The number of nitrogens with two attached hydrogens (primary N) is 2. The van der Waals surface area contributed by atoms with Gasteiger partial charge in [-0.3, -0.25) is 23.4 Å². The van der Waals surface area contributed by atoms with Crippen LogP contribution in [-0.2, 0) is 37.5 Å². The number of unbranched alkanes of at least 4 members (excludes halogenated alkanes) is 8. The maximum atomic E-state index is 12.9. The first-order valence-electron chi connectivity index (χ1n) is 22.0. The van der Waals surface area contributed by atoms with Crippen LogP contribution in [0, 0.1) is 0 Å². The fourth-order valence-corrected chi connectivity index (χ4v) is 7.27. The van der Waals surface area contributed by atoms with Gasteiger partial charge in [-0.2, -0.15) is 0 Å². The first kappa shape index (κ1) is 57.9. The van der Waals surface area contributed by atoms with Gasteiger partial charge in [0, 0.05) is 30.4 Å². The molecule has 0 spiro atoms. The van der Waals surface area contributed by atoms with Gasteiger partial charge in [-0.05, 0) is 70.6 Å². The zero-order valence-corrected chi connectivity index (χ0v) is 38.5. The number of hydrogen-bond donors (Lipinski definition) is 5. The number of carbonyl (C=O) groups is 3. The highest BCUT2D eigenvalue weighted by atomic mass is 32.2.